The highest BCUT2D eigenvalue weighted by Gasteiger charge is 2.21. The van der Waals surface area contributed by atoms with Gasteiger partial charge in [-0.25, -0.2) is 0 Å². The summed E-state index contributed by atoms with van der Waals surface area (Å²) in [6, 6.07) is 15.1. The molecule has 3 nitrogen and oxygen atoms in total. The van der Waals surface area contributed by atoms with E-state index in [9.17, 15) is 4.79 Å². The molecule has 0 heterocycles. The second kappa shape index (κ2) is 7.77. The summed E-state index contributed by atoms with van der Waals surface area (Å²) in [7, 11) is 0. The van der Waals surface area contributed by atoms with E-state index in [0.29, 0.717) is 0 Å². The summed E-state index contributed by atoms with van der Waals surface area (Å²) >= 11 is 9.58. The van der Waals surface area contributed by atoms with Gasteiger partial charge in [0.25, 0.3) is 5.91 Å². The zero-order chi connectivity index (χ0) is 16.1. The van der Waals surface area contributed by atoms with Gasteiger partial charge in [-0.1, -0.05) is 45.7 Å². The number of amides is 1. The molecule has 5 heteroatoms. The second-order valence-corrected chi connectivity index (χ2v) is 6.61. The van der Waals surface area contributed by atoms with E-state index in [1.54, 1.807) is 0 Å². The lowest BCUT2D eigenvalue weighted by Crippen LogP contribution is -2.91. The van der Waals surface area contributed by atoms with Gasteiger partial charge in [-0.05, 0) is 44.2 Å². The second-order valence-electron chi connectivity index (χ2n) is 5.29. The Morgan fingerprint density at radius 1 is 1.14 bits per heavy atom. The molecule has 0 unspecified atom stereocenters. The molecule has 0 bridgehead atoms. The largest absolute Gasteiger partial charge is 0.330 e. The number of nitrogens with one attached hydrogen (secondary N) is 1. The molecule has 0 aliphatic heterocycles. The Balaban J connectivity index is 1.96. The monoisotopic (exact) mass is 381 g/mol. The molecule has 0 fully saturated rings. The molecule has 0 aliphatic rings. The topological polar surface area (TPSA) is 45.7 Å². The average Bonchev–Trinajstić information content (AvgIpc) is 2.49. The molecule has 2 aromatic carbocycles. The molecule has 2 aromatic rings. The molecule has 0 aliphatic carbocycles. The summed E-state index contributed by atoms with van der Waals surface area (Å²) in [4.78, 5) is 12.3. The minimum Gasteiger partial charge on any atom is -0.330 e. The number of anilines is 1. The van der Waals surface area contributed by atoms with Gasteiger partial charge in [-0.3, -0.25) is 4.79 Å². The van der Waals surface area contributed by atoms with E-state index in [1.807, 2.05) is 67.7 Å². The van der Waals surface area contributed by atoms with Crippen LogP contribution in [-0.2, 0) is 4.79 Å². The molecular weight excluding hydrogens is 364 g/mol. The summed E-state index contributed by atoms with van der Waals surface area (Å²) in [5.74, 6) is -0.0266. The molecule has 2 rings (SSSR count). The Labute approximate surface area is 144 Å². The van der Waals surface area contributed by atoms with Crippen molar-refractivity contribution in [3.63, 3.8) is 0 Å². The normalized spacial score (nSPS) is 13.5. The zero-order valence-corrected chi connectivity index (χ0v) is 14.9. The van der Waals surface area contributed by atoms with Gasteiger partial charge in [0.1, 0.15) is 6.04 Å². The van der Waals surface area contributed by atoms with Crippen LogP contribution in [0.3, 0.4) is 0 Å². The number of hydrogen-bond donors (Lipinski definition) is 2. The molecule has 0 saturated heterocycles. The minimum absolute atomic E-state index is 0.0266. The molecule has 0 radical (unpaired) electrons. The highest BCUT2D eigenvalue weighted by Crippen LogP contribution is 2.19. The summed E-state index contributed by atoms with van der Waals surface area (Å²) < 4.78 is 0.984. The lowest BCUT2D eigenvalue weighted by molar-refractivity contribution is -0.709. The smallest absolute Gasteiger partial charge is 0.282 e. The molecule has 0 saturated carbocycles. The third kappa shape index (κ3) is 4.57. The van der Waals surface area contributed by atoms with Crippen LogP contribution in [0.5, 0.6) is 0 Å². The van der Waals surface area contributed by atoms with E-state index in [4.69, 9.17) is 11.6 Å². The number of halogens is 2. The van der Waals surface area contributed by atoms with Crippen LogP contribution in [0.1, 0.15) is 25.5 Å². The Morgan fingerprint density at radius 2 is 1.77 bits per heavy atom. The fraction of sp³-hybridized carbons (Fsp3) is 0.235. The van der Waals surface area contributed by atoms with Crippen molar-refractivity contribution >= 4 is 39.1 Å². The first-order chi connectivity index (χ1) is 10.5. The highest BCUT2D eigenvalue weighted by molar-refractivity contribution is 9.10. The minimum atomic E-state index is -0.213. The SMILES string of the molecule is C[C@H]([NH2+][C@@H](C)c1ccccc1Cl)C(=O)Nc1ccc(Br)cc1. The van der Waals surface area contributed by atoms with Crippen molar-refractivity contribution in [3.8, 4) is 0 Å². The van der Waals surface area contributed by atoms with Crippen LogP contribution in [0.2, 0.25) is 5.02 Å². The molecule has 0 spiro atoms. The standard InChI is InChI=1S/C17H18BrClN2O/c1-11(15-5-3-4-6-16(15)19)20-12(2)17(22)21-14-9-7-13(18)8-10-14/h3-12,20H,1-2H3,(H,21,22)/p+1/t11-,12-/m0/s1. The van der Waals surface area contributed by atoms with Gasteiger partial charge in [0.2, 0.25) is 0 Å². The lowest BCUT2D eigenvalue weighted by Gasteiger charge is -2.17. The number of hydrogen-bond acceptors (Lipinski definition) is 1. The Hall–Kier alpha value is -1.36. The fourth-order valence-corrected chi connectivity index (χ4v) is 2.83. The van der Waals surface area contributed by atoms with E-state index in [0.717, 1.165) is 20.7 Å². The number of carbonyl (C=O) groups excluding carboxylic acids is 1. The van der Waals surface area contributed by atoms with Crippen LogP contribution < -0.4 is 10.6 Å². The third-order valence-corrected chi connectivity index (χ3v) is 4.37. The summed E-state index contributed by atoms with van der Waals surface area (Å²) in [6.45, 7) is 3.94. The molecule has 116 valence electrons. The number of nitrogens with two attached hydrogens (primary N) is 1. The first-order valence-corrected chi connectivity index (χ1v) is 8.30. The van der Waals surface area contributed by atoms with Gasteiger partial charge in [0.05, 0.1) is 0 Å². The molecule has 3 N–H and O–H groups in total. The van der Waals surface area contributed by atoms with Crippen molar-refractivity contribution in [2.75, 3.05) is 5.32 Å². The van der Waals surface area contributed by atoms with Gasteiger partial charge in [0, 0.05) is 20.7 Å². The van der Waals surface area contributed by atoms with Gasteiger partial charge in [-0.2, -0.15) is 0 Å². The van der Waals surface area contributed by atoms with Gasteiger partial charge < -0.3 is 10.6 Å². The maximum Gasteiger partial charge on any atom is 0.282 e. The van der Waals surface area contributed by atoms with Gasteiger partial charge in [-0.15, -0.1) is 0 Å². The molecule has 2 atom stereocenters. The number of rotatable bonds is 5. The van der Waals surface area contributed by atoms with Crippen LogP contribution in [0.15, 0.2) is 53.0 Å². The summed E-state index contributed by atoms with van der Waals surface area (Å²) in [6.07, 6.45) is 0. The van der Waals surface area contributed by atoms with Crippen molar-refractivity contribution in [1.29, 1.82) is 0 Å². The van der Waals surface area contributed by atoms with E-state index in [1.165, 1.54) is 0 Å². The van der Waals surface area contributed by atoms with Crippen molar-refractivity contribution < 1.29 is 10.1 Å². The van der Waals surface area contributed by atoms with Gasteiger partial charge in [0.15, 0.2) is 6.04 Å². The quantitative estimate of drug-likeness (QED) is 0.812. The van der Waals surface area contributed by atoms with Crippen LogP contribution in [-0.4, -0.2) is 11.9 Å². The van der Waals surface area contributed by atoms with E-state index >= 15 is 0 Å². The predicted octanol–water partition coefficient (Wildman–Crippen LogP) is 3.75. The van der Waals surface area contributed by atoms with E-state index < -0.39 is 0 Å². The average molecular weight is 383 g/mol. The van der Waals surface area contributed by atoms with Crippen molar-refractivity contribution in [3.05, 3.63) is 63.6 Å². The number of quaternary nitrogens is 1. The molecular formula is C17H19BrClN2O+. The van der Waals surface area contributed by atoms with Crippen molar-refractivity contribution in [2.45, 2.75) is 25.9 Å². The maximum absolute atomic E-state index is 12.3. The Bertz CT molecular complexity index is 645. The van der Waals surface area contributed by atoms with E-state index in [-0.39, 0.29) is 18.0 Å². The van der Waals surface area contributed by atoms with Crippen molar-refractivity contribution in [2.24, 2.45) is 0 Å². The first kappa shape index (κ1) is 17.0. The first-order valence-electron chi connectivity index (χ1n) is 7.13. The molecule has 1 amide bonds. The Kier molecular flexibility index (Phi) is 6.00. The zero-order valence-electron chi connectivity index (χ0n) is 12.5. The van der Waals surface area contributed by atoms with Crippen molar-refractivity contribution in [1.82, 2.24) is 0 Å². The summed E-state index contributed by atoms with van der Waals surface area (Å²) in [5, 5.41) is 5.65. The van der Waals surface area contributed by atoms with Crippen LogP contribution >= 0.6 is 27.5 Å². The predicted molar refractivity (Wildman–Crippen MR) is 94.0 cm³/mol. The maximum atomic E-state index is 12.3. The van der Waals surface area contributed by atoms with Gasteiger partial charge >= 0.3 is 0 Å². The third-order valence-electron chi connectivity index (χ3n) is 3.50. The number of benzene rings is 2. The van der Waals surface area contributed by atoms with E-state index in [2.05, 4.69) is 21.2 Å². The fourth-order valence-electron chi connectivity index (χ4n) is 2.26. The van der Waals surface area contributed by atoms with Crippen LogP contribution in [0.4, 0.5) is 5.69 Å². The highest BCUT2D eigenvalue weighted by atomic mass is 79.9. The van der Waals surface area contributed by atoms with Crippen LogP contribution in [0.25, 0.3) is 0 Å². The van der Waals surface area contributed by atoms with Crippen LogP contribution in [0, 0.1) is 0 Å². The number of carbonyl (C=O) groups is 1. The summed E-state index contributed by atoms with van der Waals surface area (Å²) in [5.41, 5.74) is 1.83. The molecule has 0 aromatic heterocycles. The lowest BCUT2D eigenvalue weighted by atomic mass is 10.1. The Morgan fingerprint density at radius 3 is 2.41 bits per heavy atom. The molecule has 22 heavy (non-hydrogen) atoms.